The Balaban J connectivity index is 1.10. The van der Waals surface area contributed by atoms with Crippen molar-refractivity contribution >= 4 is 39.5 Å². The number of ether oxygens (including phenoxy) is 1. The lowest BCUT2D eigenvalue weighted by molar-refractivity contribution is -0.149. The molecule has 214 valence electrons. The van der Waals surface area contributed by atoms with E-state index in [1.54, 1.807) is 11.3 Å². The van der Waals surface area contributed by atoms with Crippen molar-refractivity contribution in [1.82, 2.24) is 9.80 Å². The zero-order chi connectivity index (χ0) is 27.3. The highest BCUT2D eigenvalue weighted by Crippen LogP contribution is 2.39. The number of hydrogen-bond donors (Lipinski definition) is 1. The van der Waals surface area contributed by atoms with E-state index < -0.39 is 0 Å². The average Bonchev–Trinajstić information content (AvgIpc) is 3.24. The number of amidine groups is 1. The molecule has 0 spiro atoms. The molecule has 1 N–H and O–H groups in total. The highest BCUT2D eigenvalue weighted by atomic mass is 32.1. The average molecular weight is 553 g/mol. The largest absolute Gasteiger partial charge is 0.449 e. The predicted octanol–water partition coefficient (Wildman–Crippen LogP) is 8.40. The van der Waals surface area contributed by atoms with E-state index in [2.05, 4.69) is 47.2 Å². The number of unbranched alkanes of at least 4 members (excludes halogenated alkanes) is 11. The number of nitrogens with zero attached hydrogens (tertiary/aromatic N) is 3. The van der Waals surface area contributed by atoms with Gasteiger partial charge in [-0.15, -0.1) is 11.3 Å². The van der Waals surface area contributed by atoms with Crippen molar-refractivity contribution in [3.63, 3.8) is 0 Å². The maximum absolute atomic E-state index is 12.3. The molecule has 0 aliphatic carbocycles. The predicted molar refractivity (Wildman–Crippen MR) is 165 cm³/mol. The van der Waals surface area contributed by atoms with Gasteiger partial charge in [0.1, 0.15) is 17.6 Å². The smallest absolute Gasteiger partial charge is 0.307 e. The van der Waals surface area contributed by atoms with E-state index in [9.17, 15) is 4.79 Å². The lowest BCUT2D eigenvalue weighted by Gasteiger charge is -2.36. The fourth-order valence-electron chi connectivity index (χ4n) is 5.42. The van der Waals surface area contributed by atoms with E-state index in [-0.39, 0.29) is 5.97 Å². The highest BCUT2D eigenvalue weighted by Gasteiger charge is 2.26. The summed E-state index contributed by atoms with van der Waals surface area (Å²) in [5.74, 6) is 0.981. The summed E-state index contributed by atoms with van der Waals surface area (Å²) in [5.41, 5.74) is 3.20. The van der Waals surface area contributed by atoms with E-state index in [1.807, 2.05) is 12.1 Å². The molecule has 4 rings (SSSR count). The summed E-state index contributed by atoms with van der Waals surface area (Å²) in [6.45, 7) is 8.27. The fraction of sp³-hybridized carbons (Fsp3) is 0.625. The summed E-state index contributed by atoms with van der Waals surface area (Å²) in [6.07, 6.45) is 16.2. The number of piperazine rings is 1. The van der Waals surface area contributed by atoms with Gasteiger partial charge in [-0.05, 0) is 31.5 Å². The van der Waals surface area contributed by atoms with Crippen LogP contribution in [0.4, 0.5) is 16.4 Å². The molecule has 0 bridgehead atoms. The van der Waals surface area contributed by atoms with Crippen LogP contribution in [0.25, 0.3) is 0 Å². The summed E-state index contributed by atoms with van der Waals surface area (Å²) in [5, 5.41) is 4.74. The molecule has 0 amide bonds. The highest BCUT2D eigenvalue weighted by molar-refractivity contribution is 7.16. The van der Waals surface area contributed by atoms with Crippen LogP contribution in [-0.2, 0) is 9.53 Å². The maximum Gasteiger partial charge on any atom is 0.307 e. The van der Waals surface area contributed by atoms with Crippen molar-refractivity contribution in [3.05, 3.63) is 40.8 Å². The zero-order valence-corrected chi connectivity index (χ0v) is 25.0. The van der Waals surface area contributed by atoms with Gasteiger partial charge in [0.25, 0.3) is 0 Å². The van der Waals surface area contributed by atoms with Crippen LogP contribution < -0.4 is 5.32 Å². The number of rotatable bonds is 15. The number of anilines is 2. The molecule has 7 heteroatoms. The Morgan fingerprint density at radius 1 is 0.923 bits per heavy atom. The molecule has 6 nitrogen and oxygen atoms in total. The molecule has 0 atom stereocenters. The molecule has 0 saturated carbocycles. The molecule has 2 aromatic rings. The Hall–Kier alpha value is -2.38. The SMILES string of the molecule is CCCCCCCCCCCCCCC(=O)OCN1CCN(C2=Nc3ccccc3Nc3sc(C)cc32)CC1. The van der Waals surface area contributed by atoms with Gasteiger partial charge in [0, 0.05) is 37.5 Å². The van der Waals surface area contributed by atoms with Crippen molar-refractivity contribution in [2.45, 2.75) is 97.3 Å². The van der Waals surface area contributed by atoms with E-state index in [4.69, 9.17) is 9.73 Å². The van der Waals surface area contributed by atoms with Crippen LogP contribution in [0.5, 0.6) is 0 Å². The molecule has 2 aliphatic heterocycles. The topological polar surface area (TPSA) is 57.2 Å². The van der Waals surface area contributed by atoms with Crippen LogP contribution in [0, 0.1) is 6.92 Å². The number of benzene rings is 1. The monoisotopic (exact) mass is 552 g/mol. The van der Waals surface area contributed by atoms with Crippen molar-refractivity contribution in [3.8, 4) is 0 Å². The second-order valence-corrected chi connectivity index (χ2v) is 12.3. The number of aryl methyl sites for hydroxylation is 1. The fourth-order valence-corrected chi connectivity index (χ4v) is 6.34. The minimum Gasteiger partial charge on any atom is -0.449 e. The van der Waals surface area contributed by atoms with Crippen LogP contribution >= 0.6 is 11.3 Å². The van der Waals surface area contributed by atoms with Gasteiger partial charge >= 0.3 is 5.97 Å². The normalized spacial score (nSPS) is 15.2. The molecule has 1 aromatic carbocycles. The number of aliphatic imine (C=N–C) groups is 1. The van der Waals surface area contributed by atoms with Crippen LogP contribution in [0.3, 0.4) is 0 Å². The summed E-state index contributed by atoms with van der Waals surface area (Å²) in [7, 11) is 0. The number of para-hydroxylation sites is 2. The number of carbonyl (C=O) groups is 1. The molecule has 2 aliphatic rings. The van der Waals surface area contributed by atoms with Gasteiger partial charge in [0.2, 0.25) is 0 Å². The van der Waals surface area contributed by atoms with Crippen molar-refractivity contribution in [1.29, 1.82) is 0 Å². The van der Waals surface area contributed by atoms with Crippen molar-refractivity contribution < 1.29 is 9.53 Å². The minimum absolute atomic E-state index is 0.0567. The van der Waals surface area contributed by atoms with Gasteiger partial charge in [-0.2, -0.15) is 0 Å². The standard InChI is InChI=1S/C32H48N4O2S/c1-3-4-5-6-7-8-9-10-11-12-13-14-19-30(37)38-25-35-20-22-36(23-21-35)31-27-24-26(2)39-32(27)34-29-18-16-15-17-28(29)33-31/h15-18,24,34H,3-14,19-23,25H2,1-2H3. The second kappa shape index (κ2) is 16.0. The quantitative estimate of drug-likeness (QED) is 0.178. The van der Waals surface area contributed by atoms with Gasteiger partial charge < -0.3 is 15.0 Å². The molecule has 1 saturated heterocycles. The van der Waals surface area contributed by atoms with Crippen molar-refractivity contribution in [2.24, 2.45) is 4.99 Å². The van der Waals surface area contributed by atoms with Gasteiger partial charge in [-0.1, -0.05) is 89.7 Å². The molecular formula is C32H48N4O2S. The van der Waals surface area contributed by atoms with Crippen LogP contribution in [0.2, 0.25) is 0 Å². The Morgan fingerprint density at radius 2 is 1.56 bits per heavy atom. The third-order valence-electron chi connectivity index (χ3n) is 7.79. The minimum atomic E-state index is -0.0567. The third kappa shape index (κ3) is 9.35. The molecule has 0 unspecified atom stereocenters. The second-order valence-electron chi connectivity index (χ2n) is 11.1. The first-order valence-electron chi connectivity index (χ1n) is 15.3. The number of esters is 1. The number of hydrogen-bond acceptors (Lipinski definition) is 7. The zero-order valence-electron chi connectivity index (χ0n) is 24.2. The number of thiophene rings is 1. The summed E-state index contributed by atoms with van der Waals surface area (Å²) >= 11 is 1.78. The summed E-state index contributed by atoms with van der Waals surface area (Å²) in [6, 6.07) is 10.5. The Labute approximate surface area is 239 Å². The van der Waals surface area contributed by atoms with Gasteiger partial charge in [0.15, 0.2) is 0 Å². The molecule has 1 aromatic heterocycles. The van der Waals surface area contributed by atoms with Gasteiger partial charge in [0.05, 0.1) is 16.9 Å². The number of nitrogens with one attached hydrogen (secondary N) is 1. The lowest BCUT2D eigenvalue weighted by atomic mass is 10.0. The summed E-state index contributed by atoms with van der Waals surface area (Å²) in [4.78, 5) is 23.3. The first kappa shape index (κ1) is 29.6. The van der Waals surface area contributed by atoms with Crippen molar-refractivity contribution in [2.75, 3.05) is 38.2 Å². The van der Waals surface area contributed by atoms with E-state index in [0.29, 0.717) is 13.2 Å². The first-order chi connectivity index (χ1) is 19.1. The maximum atomic E-state index is 12.3. The van der Waals surface area contributed by atoms with E-state index in [1.165, 1.54) is 74.6 Å². The first-order valence-corrected chi connectivity index (χ1v) is 16.1. The van der Waals surface area contributed by atoms with Gasteiger partial charge in [-0.3, -0.25) is 9.69 Å². The van der Waals surface area contributed by atoms with Crippen LogP contribution in [0.15, 0.2) is 35.3 Å². The molecule has 0 radical (unpaired) electrons. The Kier molecular flexibility index (Phi) is 12.2. The molecular weight excluding hydrogens is 504 g/mol. The molecule has 3 heterocycles. The van der Waals surface area contributed by atoms with Crippen LogP contribution in [-0.4, -0.2) is 54.5 Å². The van der Waals surface area contributed by atoms with E-state index >= 15 is 0 Å². The molecule has 1 fully saturated rings. The third-order valence-corrected chi connectivity index (χ3v) is 8.76. The lowest BCUT2D eigenvalue weighted by Crippen LogP contribution is -2.49. The number of carbonyl (C=O) groups excluding carboxylic acids is 1. The Morgan fingerprint density at radius 3 is 2.26 bits per heavy atom. The van der Waals surface area contributed by atoms with Gasteiger partial charge in [-0.25, -0.2) is 4.99 Å². The molecule has 39 heavy (non-hydrogen) atoms. The van der Waals surface area contributed by atoms with Crippen LogP contribution in [0.1, 0.15) is 101 Å². The van der Waals surface area contributed by atoms with E-state index in [0.717, 1.165) is 61.2 Å². The Bertz CT molecular complexity index is 1060. The number of fused-ring (bicyclic) bond motifs is 2. The summed E-state index contributed by atoms with van der Waals surface area (Å²) < 4.78 is 5.62.